The largest absolute Gasteiger partial charge is 0.273 e. The number of nitrogens with zero attached hydrogens (tertiary/aromatic N) is 1. The number of carbonyl (C=O) groups excluding carboxylic acids is 1. The van der Waals surface area contributed by atoms with Crippen molar-refractivity contribution in [3.63, 3.8) is 0 Å². The second-order valence-corrected chi connectivity index (χ2v) is 5.46. The Balaban J connectivity index is 1.84. The molecule has 0 spiro atoms. The zero-order valence-corrected chi connectivity index (χ0v) is 12.0. The smallest absolute Gasteiger partial charge is 0.241 e. The van der Waals surface area contributed by atoms with Gasteiger partial charge in [0, 0.05) is 5.92 Å². The molecule has 1 fully saturated rings. The summed E-state index contributed by atoms with van der Waals surface area (Å²) in [6.45, 7) is 0. The minimum absolute atomic E-state index is 0.125. The molecule has 21 heavy (non-hydrogen) atoms. The molecule has 1 N–H and O–H groups in total. The van der Waals surface area contributed by atoms with Crippen molar-refractivity contribution in [3.05, 3.63) is 60.7 Å². The highest BCUT2D eigenvalue weighted by Crippen LogP contribution is 2.27. The van der Waals surface area contributed by atoms with Gasteiger partial charge in [-0.15, -0.1) is 0 Å². The fraction of sp³-hybridized carbons (Fsp3) is 0.278. The molecule has 0 aromatic heterocycles. The van der Waals surface area contributed by atoms with Gasteiger partial charge in [0.1, 0.15) is 0 Å². The number of para-hydroxylation sites is 2. The number of amides is 1. The van der Waals surface area contributed by atoms with Gasteiger partial charge in [-0.05, 0) is 37.1 Å². The first-order chi connectivity index (χ1) is 10.3. The molecule has 0 saturated heterocycles. The molecular weight excluding hydrogens is 260 g/mol. The van der Waals surface area contributed by atoms with Crippen molar-refractivity contribution in [2.45, 2.75) is 25.7 Å². The molecule has 3 nitrogen and oxygen atoms in total. The highest BCUT2D eigenvalue weighted by Gasteiger charge is 2.24. The summed E-state index contributed by atoms with van der Waals surface area (Å²) in [5.41, 5.74) is 5.02. The van der Waals surface area contributed by atoms with E-state index in [-0.39, 0.29) is 11.8 Å². The molecule has 1 aliphatic carbocycles. The van der Waals surface area contributed by atoms with Crippen molar-refractivity contribution >= 4 is 17.3 Å². The normalized spacial score (nSPS) is 14.9. The fourth-order valence-corrected chi connectivity index (χ4v) is 2.82. The van der Waals surface area contributed by atoms with Crippen LogP contribution in [0.5, 0.6) is 0 Å². The summed E-state index contributed by atoms with van der Waals surface area (Å²) >= 11 is 0. The van der Waals surface area contributed by atoms with Crippen LogP contribution in [0.3, 0.4) is 0 Å². The molecule has 2 aromatic carbocycles. The lowest BCUT2D eigenvalue weighted by atomic mass is 10.1. The Morgan fingerprint density at radius 1 is 0.857 bits per heavy atom. The van der Waals surface area contributed by atoms with Crippen molar-refractivity contribution in [2.24, 2.45) is 5.92 Å². The molecule has 1 aliphatic rings. The van der Waals surface area contributed by atoms with E-state index in [9.17, 15) is 4.79 Å². The molecule has 0 atom stereocenters. The maximum atomic E-state index is 12.4. The van der Waals surface area contributed by atoms with E-state index < -0.39 is 0 Å². The first-order valence-corrected chi connectivity index (χ1v) is 7.55. The molecular formula is C18H20N2O. The van der Waals surface area contributed by atoms with Crippen LogP contribution in [0.2, 0.25) is 0 Å². The summed E-state index contributed by atoms with van der Waals surface area (Å²) in [5, 5.41) is 1.88. The third-order valence-corrected chi connectivity index (χ3v) is 3.98. The maximum Gasteiger partial charge on any atom is 0.241 e. The first-order valence-electron chi connectivity index (χ1n) is 7.55. The van der Waals surface area contributed by atoms with Crippen molar-refractivity contribution in [1.29, 1.82) is 0 Å². The number of benzene rings is 2. The van der Waals surface area contributed by atoms with E-state index >= 15 is 0 Å². The minimum atomic E-state index is 0.125. The summed E-state index contributed by atoms with van der Waals surface area (Å²) < 4.78 is 0. The van der Waals surface area contributed by atoms with E-state index in [1.54, 1.807) is 0 Å². The third-order valence-electron chi connectivity index (χ3n) is 3.98. The van der Waals surface area contributed by atoms with Crippen molar-refractivity contribution in [3.8, 4) is 0 Å². The standard InChI is InChI=1S/C18H20N2O/c21-18(15-9-7-8-10-15)19-20(16-11-3-1-4-12-16)17-13-5-2-6-14-17/h1-6,11-15H,7-10H2,(H,19,21). The molecule has 3 heteroatoms. The molecule has 3 rings (SSSR count). The van der Waals surface area contributed by atoms with E-state index in [1.165, 1.54) is 0 Å². The average Bonchev–Trinajstić information content (AvgIpc) is 3.09. The van der Waals surface area contributed by atoms with Crippen molar-refractivity contribution in [1.82, 2.24) is 5.43 Å². The van der Waals surface area contributed by atoms with Gasteiger partial charge in [0.2, 0.25) is 5.91 Å². The predicted octanol–water partition coefficient (Wildman–Crippen LogP) is 4.05. The van der Waals surface area contributed by atoms with Crippen LogP contribution in [0, 0.1) is 5.92 Å². The van der Waals surface area contributed by atoms with Crippen LogP contribution >= 0.6 is 0 Å². The SMILES string of the molecule is O=C(NN(c1ccccc1)c1ccccc1)C1CCCC1. The number of hydrogen-bond acceptors (Lipinski definition) is 2. The number of hydrazine groups is 1. The predicted molar refractivity (Wildman–Crippen MR) is 85.1 cm³/mol. The monoisotopic (exact) mass is 280 g/mol. The Kier molecular flexibility index (Phi) is 4.20. The minimum Gasteiger partial charge on any atom is -0.273 e. The van der Waals surface area contributed by atoms with Gasteiger partial charge in [0.15, 0.2) is 0 Å². The number of hydrogen-bond donors (Lipinski definition) is 1. The second-order valence-electron chi connectivity index (χ2n) is 5.46. The van der Waals surface area contributed by atoms with Gasteiger partial charge < -0.3 is 0 Å². The Labute approximate surface area is 125 Å². The second kappa shape index (κ2) is 6.44. The average molecular weight is 280 g/mol. The molecule has 0 radical (unpaired) electrons. The van der Waals surface area contributed by atoms with Crippen LogP contribution in [-0.2, 0) is 4.79 Å². The van der Waals surface area contributed by atoms with E-state index in [2.05, 4.69) is 5.43 Å². The number of anilines is 2. The molecule has 0 bridgehead atoms. The van der Waals surface area contributed by atoms with Crippen molar-refractivity contribution < 1.29 is 4.79 Å². The van der Waals surface area contributed by atoms with E-state index in [0.29, 0.717) is 0 Å². The Hall–Kier alpha value is -2.29. The summed E-state index contributed by atoms with van der Waals surface area (Å²) in [7, 11) is 0. The van der Waals surface area contributed by atoms with Crippen LogP contribution < -0.4 is 10.4 Å². The molecule has 1 saturated carbocycles. The van der Waals surface area contributed by atoms with Gasteiger partial charge >= 0.3 is 0 Å². The molecule has 108 valence electrons. The summed E-state index contributed by atoms with van der Waals surface area (Å²) in [6, 6.07) is 19.9. The van der Waals surface area contributed by atoms with Crippen LogP contribution in [0.4, 0.5) is 11.4 Å². The van der Waals surface area contributed by atoms with Crippen LogP contribution in [0.15, 0.2) is 60.7 Å². The van der Waals surface area contributed by atoms with Crippen LogP contribution in [0.1, 0.15) is 25.7 Å². The topological polar surface area (TPSA) is 32.3 Å². The number of rotatable bonds is 4. The van der Waals surface area contributed by atoms with Gasteiger partial charge in [-0.25, -0.2) is 0 Å². The zero-order valence-electron chi connectivity index (χ0n) is 12.0. The molecule has 2 aromatic rings. The molecule has 1 amide bonds. The van der Waals surface area contributed by atoms with Gasteiger partial charge in [0.05, 0.1) is 11.4 Å². The van der Waals surface area contributed by atoms with Gasteiger partial charge in [-0.1, -0.05) is 49.2 Å². The summed E-state index contributed by atoms with van der Waals surface area (Å²) in [5.74, 6) is 0.278. The van der Waals surface area contributed by atoms with Crippen molar-refractivity contribution in [2.75, 3.05) is 5.01 Å². The summed E-state index contributed by atoms with van der Waals surface area (Å²) in [4.78, 5) is 12.4. The van der Waals surface area contributed by atoms with Gasteiger partial charge in [-0.3, -0.25) is 15.2 Å². The lowest BCUT2D eigenvalue weighted by Gasteiger charge is -2.26. The number of carbonyl (C=O) groups is 1. The van der Waals surface area contributed by atoms with E-state index in [0.717, 1.165) is 37.1 Å². The van der Waals surface area contributed by atoms with E-state index in [4.69, 9.17) is 0 Å². The van der Waals surface area contributed by atoms with Gasteiger partial charge in [0.25, 0.3) is 0 Å². The van der Waals surface area contributed by atoms with Crippen LogP contribution in [-0.4, -0.2) is 5.91 Å². The Morgan fingerprint density at radius 2 is 1.33 bits per heavy atom. The first kappa shape index (κ1) is 13.7. The quantitative estimate of drug-likeness (QED) is 0.857. The lowest BCUT2D eigenvalue weighted by Crippen LogP contribution is -2.41. The highest BCUT2D eigenvalue weighted by molar-refractivity contribution is 5.82. The zero-order chi connectivity index (χ0) is 14.5. The third kappa shape index (κ3) is 3.24. The molecule has 0 heterocycles. The Morgan fingerprint density at radius 3 is 1.81 bits per heavy atom. The number of nitrogens with one attached hydrogen (secondary N) is 1. The highest BCUT2D eigenvalue weighted by atomic mass is 16.2. The molecule has 0 aliphatic heterocycles. The Bertz CT molecular complexity index is 537. The molecule has 0 unspecified atom stereocenters. The van der Waals surface area contributed by atoms with E-state index in [1.807, 2.05) is 65.7 Å². The fourth-order valence-electron chi connectivity index (χ4n) is 2.82. The lowest BCUT2D eigenvalue weighted by molar-refractivity contribution is -0.124. The summed E-state index contributed by atoms with van der Waals surface area (Å²) in [6.07, 6.45) is 4.33. The van der Waals surface area contributed by atoms with Crippen LogP contribution in [0.25, 0.3) is 0 Å². The maximum absolute atomic E-state index is 12.4. The van der Waals surface area contributed by atoms with Gasteiger partial charge in [-0.2, -0.15) is 0 Å².